The Labute approximate surface area is 119 Å². The Morgan fingerprint density at radius 3 is 2.48 bits per heavy atom. The first kappa shape index (κ1) is 13.5. The zero-order valence-corrected chi connectivity index (χ0v) is 10.9. The molecule has 0 bridgehead atoms. The Kier molecular flexibility index (Phi) is 3.33. The molecule has 0 atom stereocenters. The molecule has 1 aromatic heterocycles. The average Bonchev–Trinajstić information content (AvgIpc) is 2.47. The van der Waals surface area contributed by atoms with Gasteiger partial charge in [-0.15, -0.1) is 0 Å². The van der Waals surface area contributed by atoms with E-state index in [1.807, 2.05) is 0 Å². The van der Waals surface area contributed by atoms with E-state index in [1.165, 1.54) is 12.1 Å². The monoisotopic (exact) mass is 283 g/mol. The summed E-state index contributed by atoms with van der Waals surface area (Å²) < 4.78 is 13.5. The molecular weight excluding hydrogens is 272 g/mol. The minimum Gasteiger partial charge on any atom is -0.423 e. The van der Waals surface area contributed by atoms with Gasteiger partial charge in [0, 0.05) is 17.0 Å². The van der Waals surface area contributed by atoms with Crippen LogP contribution in [0.2, 0.25) is 0 Å². The lowest BCUT2D eigenvalue weighted by molar-refractivity contribution is 0.423. The summed E-state index contributed by atoms with van der Waals surface area (Å²) in [5, 5.41) is 19.6. The molecular formula is C15H11BFNO3. The number of fused-ring (bicyclic) bond motifs is 1. The molecule has 21 heavy (non-hydrogen) atoms. The van der Waals surface area contributed by atoms with Crippen LogP contribution in [-0.4, -0.2) is 22.2 Å². The third kappa shape index (κ3) is 2.46. The number of aromatic nitrogens is 1. The Balaban J connectivity index is 2.17. The second-order valence-electron chi connectivity index (χ2n) is 4.72. The molecule has 3 N–H and O–H groups in total. The summed E-state index contributed by atoms with van der Waals surface area (Å²) in [6.45, 7) is 0. The van der Waals surface area contributed by atoms with Gasteiger partial charge in [-0.05, 0) is 40.8 Å². The molecule has 0 saturated heterocycles. The highest BCUT2D eigenvalue weighted by Crippen LogP contribution is 2.22. The molecule has 0 aliphatic heterocycles. The summed E-state index contributed by atoms with van der Waals surface area (Å²) >= 11 is 0. The number of rotatable bonds is 2. The summed E-state index contributed by atoms with van der Waals surface area (Å²) in [6.07, 6.45) is 1.56. The molecule has 0 aliphatic rings. The van der Waals surface area contributed by atoms with Gasteiger partial charge in [0.05, 0.1) is 0 Å². The van der Waals surface area contributed by atoms with Gasteiger partial charge in [0.15, 0.2) is 0 Å². The van der Waals surface area contributed by atoms with E-state index in [0.717, 1.165) is 10.9 Å². The van der Waals surface area contributed by atoms with Crippen LogP contribution in [0.15, 0.2) is 53.5 Å². The minimum absolute atomic E-state index is 0.176. The topological polar surface area (TPSA) is 73.3 Å². The molecule has 104 valence electrons. The predicted molar refractivity (Wildman–Crippen MR) is 79.8 cm³/mol. The molecule has 0 fully saturated rings. The molecule has 4 nitrogen and oxygen atoms in total. The van der Waals surface area contributed by atoms with Gasteiger partial charge >= 0.3 is 7.12 Å². The lowest BCUT2D eigenvalue weighted by Gasteiger charge is -2.07. The van der Waals surface area contributed by atoms with Crippen molar-refractivity contribution in [1.29, 1.82) is 0 Å². The van der Waals surface area contributed by atoms with Crippen molar-refractivity contribution in [3.8, 4) is 11.1 Å². The van der Waals surface area contributed by atoms with Gasteiger partial charge in [0.1, 0.15) is 5.82 Å². The number of halogens is 1. The molecule has 6 heteroatoms. The summed E-state index contributed by atoms with van der Waals surface area (Å²) in [6, 6.07) is 11.1. The van der Waals surface area contributed by atoms with Gasteiger partial charge in [0.25, 0.3) is 5.56 Å². The van der Waals surface area contributed by atoms with Crippen LogP contribution in [0.3, 0.4) is 0 Å². The van der Waals surface area contributed by atoms with Crippen molar-refractivity contribution >= 4 is 23.4 Å². The van der Waals surface area contributed by atoms with Crippen molar-refractivity contribution in [3.63, 3.8) is 0 Å². The normalized spacial score (nSPS) is 10.8. The van der Waals surface area contributed by atoms with Crippen LogP contribution in [0.25, 0.3) is 21.9 Å². The van der Waals surface area contributed by atoms with E-state index >= 15 is 0 Å². The van der Waals surface area contributed by atoms with Crippen LogP contribution in [0.5, 0.6) is 0 Å². The van der Waals surface area contributed by atoms with Crippen LogP contribution in [-0.2, 0) is 0 Å². The number of pyridine rings is 1. The number of nitrogens with one attached hydrogen (secondary N) is 1. The molecule has 3 rings (SSSR count). The largest absolute Gasteiger partial charge is 0.491 e. The Bertz CT molecular complexity index is 876. The van der Waals surface area contributed by atoms with Gasteiger partial charge in [-0.25, -0.2) is 4.39 Å². The van der Waals surface area contributed by atoms with E-state index < -0.39 is 12.9 Å². The maximum absolute atomic E-state index is 13.5. The number of H-pyrrole nitrogens is 1. The quantitative estimate of drug-likeness (QED) is 0.615. The number of benzene rings is 2. The second-order valence-corrected chi connectivity index (χ2v) is 4.72. The lowest BCUT2D eigenvalue weighted by atomic mass is 9.78. The van der Waals surface area contributed by atoms with Crippen molar-refractivity contribution in [2.75, 3.05) is 0 Å². The SMILES string of the molecule is O=c1[nH]ccc2cc(-c3ccc(F)c(B(O)O)c3)ccc12. The molecule has 0 saturated carbocycles. The third-order valence-corrected chi connectivity index (χ3v) is 3.38. The first-order valence-electron chi connectivity index (χ1n) is 6.33. The maximum Gasteiger partial charge on any atom is 0.491 e. The van der Waals surface area contributed by atoms with Crippen molar-refractivity contribution in [1.82, 2.24) is 4.98 Å². The number of hydrogen-bond acceptors (Lipinski definition) is 3. The highest BCUT2D eigenvalue weighted by molar-refractivity contribution is 6.58. The molecule has 3 aromatic rings. The molecule has 2 aromatic carbocycles. The Hall–Kier alpha value is -2.44. The molecule has 0 spiro atoms. The first-order chi connectivity index (χ1) is 10.1. The minimum atomic E-state index is -1.87. The molecule has 0 aliphatic carbocycles. The van der Waals surface area contributed by atoms with E-state index in [-0.39, 0.29) is 11.0 Å². The Morgan fingerprint density at radius 2 is 1.71 bits per heavy atom. The summed E-state index contributed by atoms with van der Waals surface area (Å²) in [5.74, 6) is -0.675. The van der Waals surface area contributed by atoms with Crippen LogP contribution < -0.4 is 11.0 Å². The van der Waals surface area contributed by atoms with E-state index in [4.69, 9.17) is 10.0 Å². The summed E-state index contributed by atoms with van der Waals surface area (Å²) in [4.78, 5) is 14.2. The van der Waals surface area contributed by atoms with Crippen LogP contribution in [0.4, 0.5) is 4.39 Å². The average molecular weight is 283 g/mol. The first-order valence-corrected chi connectivity index (χ1v) is 6.33. The molecule has 0 amide bonds. The fraction of sp³-hybridized carbons (Fsp3) is 0. The van der Waals surface area contributed by atoms with Crippen molar-refractivity contribution in [2.24, 2.45) is 0 Å². The van der Waals surface area contributed by atoms with Gasteiger partial charge in [-0.2, -0.15) is 0 Å². The van der Waals surface area contributed by atoms with Crippen LogP contribution in [0.1, 0.15) is 0 Å². The fourth-order valence-corrected chi connectivity index (χ4v) is 2.29. The molecule has 0 unspecified atom stereocenters. The van der Waals surface area contributed by atoms with Gasteiger partial charge in [-0.3, -0.25) is 4.79 Å². The molecule has 0 radical (unpaired) electrons. The van der Waals surface area contributed by atoms with Crippen molar-refractivity contribution in [3.05, 3.63) is 64.8 Å². The summed E-state index contributed by atoms with van der Waals surface area (Å²) in [5.41, 5.74) is 1.04. The highest BCUT2D eigenvalue weighted by atomic mass is 19.1. The summed E-state index contributed by atoms with van der Waals surface area (Å²) in [7, 11) is -1.87. The Morgan fingerprint density at radius 1 is 1.00 bits per heavy atom. The van der Waals surface area contributed by atoms with Crippen LogP contribution >= 0.6 is 0 Å². The van der Waals surface area contributed by atoms with Gasteiger partial charge in [-0.1, -0.05) is 18.2 Å². The lowest BCUT2D eigenvalue weighted by Crippen LogP contribution is -2.32. The smallest absolute Gasteiger partial charge is 0.423 e. The van der Waals surface area contributed by atoms with Crippen LogP contribution in [0, 0.1) is 5.82 Å². The highest BCUT2D eigenvalue weighted by Gasteiger charge is 2.17. The van der Waals surface area contributed by atoms with E-state index in [0.29, 0.717) is 10.9 Å². The third-order valence-electron chi connectivity index (χ3n) is 3.38. The fourth-order valence-electron chi connectivity index (χ4n) is 2.29. The zero-order valence-electron chi connectivity index (χ0n) is 10.9. The maximum atomic E-state index is 13.5. The second kappa shape index (κ2) is 5.16. The zero-order chi connectivity index (χ0) is 15.0. The van der Waals surface area contributed by atoms with Gasteiger partial charge < -0.3 is 15.0 Å². The standard InChI is InChI=1S/C15H11BFNO3/c17-14-4-2-10(8-13(14)16(20)21)9-1-3-12-11(7-9)5-6-18-15(12)19/h1-8,20-21H,(H,18,19). The van der Waals surface area contributed by atoms with Crippen molar-refractivity contribution in [2.45, 2.75) is 0 Å². The number of hydrogen-bond donors (Lipinski definition) is 3. The van der Waals surface area contributed by atoms with E-state index in [9.17, 15) is 9.18 Å². The van der Waals surface area contributed by atoms with E-state index in [2.05, 4.69) is 4.98 Å². The van der Waals surface area contributed by atoms with E-state index in [1.54, 1.807) is 36.5 Å². The van der Waals surface area contributed by atoms with Gasteiger partial charge in [0.2, 0.25) is 0 Å². The number of aromatic amines is 1. The van der Waals surface area contributed by atoms with Crippen molar-refractivity contribution < 1.29 is 14.4 Å². The molecule has 1 heterocycles. The predicted octanol–water partition coefficient (Wildman–Crippen LogP) is 1.01.